The molecule has 1 unspecified atom stereocenters. The molecule has 0 saturated heterocycles. The molecule has 1 aliphatic heterocycles. The van der Waals surface area contributed by atoms with Crippen LogP contribution in [0.2, 0.25) is 5.02 Å². The van der Waals surface area contributed by atoms with Crippen LogP contribution in [0.25, 0.3) is 0 Å². The number of carbonyl (C=O) groups excluding carboxylic acids is 1. The number of hydrogen-bond acceptors (Lipinski definition) is 8. The topological polar surface area (TPSA) is 113 Å². The van der Waals surface area contributed by atoms with Crippen LogP contribution in [0, 0.1) is 11.3 Å². The van der Waals surface area contributed by atoms with E-state index >= 15 is 0 Å². The average molecular weight is 611 g/mol. The lowest BCUT2D eigenvalue weighted by atomic mass is 9.83. The molecule has 2 N–H and O–H groups in total. The second-order valence-corrected chi connectivity index (χ2v) is 10.4. The number of carbonyl (C=O) groups is 1. The summed E-state index contributed by atoms with van der Waals surface area (Å²) in [7, 11) is 1.54. The van der Waals surface area contributed by atoms with Crippen LogP contribution >= 0.6 is 11.6 Å². The number of benzene rings is 4. The number of esters is 1. The Balaban J connectivity index is 1.36. The van der Waals surface area contributed by atoms with E-state index in [1.54, 1.807) is 67.8 Å². The van der Waals surface area contributed by atoms with Gasteiger partial charge in [-0.1, -0.05) is 55.3 Å². The summed E-state index contributed by atoms with van der Waals surface area (Å²) >= 11 is 6.28. The number of methoxy groups -OCH3 is 1. The van der Waals surface area contributed by atoms with Crippen molar-refractivity contribution < 1.29 is 28.5 Å². The lowest BCUT2D eigenvalue weighted by Crippen LogP contribution is -2.21. The van der Waals surface area contributed by atoms with E-state index in [1.165, 1.54) is 0 Å². The molecule has 4 aromatic carbocycles. The zero-order valence-electron chi connectivity index (χ0n) is 24.3. The van der Waals surface area contributed by atoms with Crippen molar-refractivity contribution in [1.82, 2.24) is 0 Å². The molecule has 0 saturated carbocycles. The molecule has 1 aliphatic rings. The Labute approximate surface area is 261 Å². The van der Waals surface area contributed by atoms with Gasteiger partial charge in [-0.15, -0.1) is 0 Å². The molecule has 9 heteroatoms. The molecule has 0 aliphatic carbocycles. The number of hydrogen-bond donors (Lipinski definition) is 1. The molecule has 0 fully saturated rings. The van der Waals surface area contributed by atoms with Gasteiger partial charge in [0.1, 0.15) is 35.5 Å². The van der Waals surface area contributed by atoms with Gasteiger partial charge in [-0.3, -0.25) is 0 Å². The van der Waals surface area contributed by atoms with Crippen molar-refractivity contribution in [3.8, 4) is 34.8 Å². The van der Waals surface area contributed by atoms with E-state index < -0.39 is 11.9 Å². The Morgan fingerprint density at radius 1 is 0.977 bits per heavy atom. The van der Waals surface area contributed by atoms with Crippen LogP contribution < -0.4 is 29.4 Å². The van der Waals surface area contributed by atoms with Gasteiger partial charge in [-0.2, -0.15) is 5.26 Å². The molecule has 44 heavy (non-hydrogen) atoms. The Morgan fingerprint density at radius 3 is 2.48 bits per heavy atom. The standard InChI is InChI=1S/C35H31ClN2O6/c1-3-4-17-41-25-12-9-22(10-13-25)35(39)43-26-14-15-27-31(19-26)44-34(38)28(20-37)33(27)23-11-16-30(32(18-23)40-2)42-21-24-7-5-6-8-29(24)36/h5-16,18-19,33H,3-4,17,21,38H2,1-2H3. The highest BCUT2D eigenvalue weighted by molar-refractivity contribution is 6.31. The fraction of sp³-hybridized carbons (Fsp3) is 0.200. The van der Waals surface area contributed by atoms with E-state index in [-0.39, 0.29) is 23.8 Å². The van der Waals surface area contributed by atoms with Crippen LogP contribution in [0.4, 0.5) is 0 Å². The molecule has 1 atom stereocenters. The minimum Gasteiger partial charge on any atom is -0.494 e. The Morgan fingerprint density at radius 2 is 1.75 bits per heavy atom. The zero-order chi connectivity index (χ0) is 31.1. The van der Waals surface area contributed by atoms with Crippen molar-refractivity contribution in [2.45, 2.75) is 32.3 Å². The van der Waals surface area contributed by atoms with E-state index in [0.29, 0.717) is 45.8 Å². The SMILES string of the molecule is CCCCOc1ccc(C(=O)Oc2ccc3c(c2)OC(N)=C(C#N)C3c2ccc(OCc3ccccc3Cl)c(OC)c2)cc1. The third kappa shape index (κ3) is 6.74. The summed E-state index contributed by atoms with van der Waals surface area (Å²) in [5.41, 5.74) is 9.08. The fourth-order valence-corrected chi connectivity index (χ4v) is 4.97. The number of halogens is 1. The summed E-state index contributed by atoms with van der Waals surface area (Å²) in [6, 6.07) is 26.8. The van der Waals surface area contributed by atoms with Crippen LogP contribution in [-0.2, 0) is 6.61 Å². The smallest absolute Gasteiger partial charge is 0.343 e. The van der Waals surface area contributed by atoms with Crippen molar-refractivity contribution >= 4 is 17.6 Å². The van der Waals surface area contributed by atoms with Crippen molar-refractivity contribution in [2.75, 3.05) is 13.7 Å². The van der Waals surface area contributed by atoms with Crippen molar-refractivity contribution in [1.29, 1.82) is 5.26 Å². The number of fused-ring (bicyclic) bond motifs is 1. The molecule has 0 amide bonds. The quantitative estimate of drug-likeness (QED) is 0.105. The summed E-state index contributed by atoms with van der Waals surface area (Å²) < 4.78 is 28.7. The highest BCUT2D eigenvalue weighted by atomic mass is 35.5. The molecule has 8 nitrogen and oxygen atoms in total. The van der Waals surface area contributed by atoms with Gasteiger partial charge < -0.3 is 29.4 Å². The van der Waals surface area contributed by atoms with Crippen LogP contribution in [0.3, 0.4) is 0 Å². The monoisotopic (exact) mass is 610 g/mol. The lowest BCUT2D eigenvalue weighted by Gasteiger charge is -2.27. The number of ether oxygens (including phenoxy) is 5. The van der Waals surface area contributed by atoms with E-state index in [1.807, 2.05) is 24.3 Å². The molecule has 4 aromatic rings. The summed E-state index contributed by atoms with van der Waals surface area (Å²) in [6.07, 6.45) is 1.99. The number of unbranched alkanes of at least 4 members (excludes halogenated alkanes) is 1. The molecule has 0 aromatic heterocycles. The molecule has 5 rings (SSSR count). The first kappa shape index (κ1) is 30.3. The first-order valence-electron chi connectivity index (χ1n) is 14.1. The third-order valence-corrected chi connectivity index (χ3v) is 7.49. The Bertz CT molecular complexity index is 1730. The minimum absolute atomic E-state index is 0.0369. The maximum atomic E-state index is 12.9. The van der Waals surface area contributed by atoms with Crippen molar-refractivity contribution in [2.24, 2.45) is 5.73 Å². The lowest BCUT2D eigenvalue weighted by molar-refractivity contribution is 0.0734. The Hall–Kier alpha value is -5.13. The third-order valence-electron chi connectivity index (χ3n) is 7.12. The van der Waals surface area contributed by atoms with Crippen molar-refractivity contribution in [3.63, 3.8) is 0 Å². The van der Waals surface area contributed by atoms with Gasteiger partial charge >= 0.3 is 5.97 Å². The highest BCUT2D eigenvalue weighted by Crippen LogP contribution is 2.45. The zero-order valence-corrected chi connectivity index (χ0v) is 25.1. The maximum absolute atomic E-state index is 12.9. The normalized spacial score (nSPS) is 13.7. The molecule has 0 radical (unpaired) electrons. The van der Waals surface area contributed by atoms with Gasteiger partial charge in [0.25, 0.3) is 0 Å². The van der Waals surface area contributed by atoms with Crippen molar-refractivity contribution in [3.05, 3.63) is 124 Å². The molecule has 224 valence electrons. The second-order valence-electron chi connectivity index (χ2n) is 10.0. The fourth-order valence-electron chi connectivity index (χ4n) is 4.78. The number of nitrogens with two attached hydrogens (primary N) is 1. The maximum Gasteiger partial charge on any atom is 0.343 e. The van der Waals surface area contributed by atoms with Gasteiger partial charge in [-0.25, -0.2) is 4.79 Å². The predicted octanol–water partition coefficient (Wildman–Crippen LogP) is 7.54. The molecule has 0 spiro atoms. The first-order chi connectivity index (χ1) is 21.4. The van der Waals surface area contributed by atoms with Crippen LogP contribution in [0.15, 0.2) is 96.4 Å². The van der Waals surface area contributed by atoms with E-state index in [2.05, 4.69) is 13.0 Å². The van der Waals surface area contributed by atoms with Crippen LogP contribution in [0.5, 0.6) is 28.7 Å². The van der Waals surface area contributed by atoms with Crippen LogP contribution in [-0.4, -0.2) is 19.7 Å². The first-order valence-corrected chi connectivity index (χ1v) is 14.5. The number of nitrogens with zero attached hydrogens (tertiary/aromatic N) is 1. The summed E-state index contributed by atoms with van der Waals surface area (Å²) in [5, 5.41) is 10.6. The highest BCUT2D eigenvalue weighted by Gasteiger charge is 2.32. The molecular weight excluding hydrogens is 580 g/mol. The molecule has 0 bridgehead atoms. The van der Waals surface area contributed by atoms with Gasteiger partial charge in [0.05, 0.1) is 25.2 Å². The van der Waals surface area contributed by atoms with Crippen LogP contribution in [0.1, 0.15) is 52.7 Å². The van der Waals surface area contributed by atoms with E-state index in [9.17, 15) is 10.1 Å². The van der Waals surface area contributed by atoms with Gasteiger partial charge in [0.2, 0.25) is 5.88 Å². The van der Waals surface area contributed by atoms with Gasteiger partial charge in [-0.05, 0) is 60.5 Å². The molecular formula is C35H31ClN2O6. The molecule has 1 heterocycles. The van der Waals surface area contributed by atoms with Gasteiger partial charge in [0.15, 0.2) is 11.5 Å². The number of rotatable bonds is 11. The number of nitriles is 1. The average Bonchev–Trinajstić information content (AvgIpc) is 3.04. The second kappa shape index (κ2) is 13.9. The Kier molecular flexibility index (Phi) is 9.58. The largest absolute Gasteiger partial charge is 0.494 e. The minimum atomic E-state index is -0.555. The van der Waals surface area contributed by atoms with E-state index in [4.69, 9.17) is 41.0 Å². The summed E-state index contributed by atoms with van der Waals surface area (Å²) in [4.78, 5) is 12.9. The predicted molar refractivity (Wildman–Crippen MR) is 166 cm³/mol. The number of allylic oxidation sites excluding steroid dienone is 1. The van der Waals surface area contributed by atoms with Gasteiger partial charge in [0, 0.05) is 22.2 Å². The summed E-state index contributed by atoms with van der Waals surface area (Å²) in [6.45, 7) is 2.97. The van der Waals surface area contributed by atoms with E-state index in [0.717, 1.165) is 24.0 Å². The summed E-state index contributed by atoms with van der Waals surface area (Å²) in [5.74, 6) is 1.20.